The average molecular weight is 406 g/mol. The maximum Gasteiger partial charge on any atom is 0.223 e. The largest absolute Gasteiger partial charge is 0.356 e. The van der Waals surface area contributed by atoms with Gasteiger partial charge in [-0.05, 0) is 50.3 Å². The van der Waals surface area contributed by atoms with E-state index in [2.05, 4.69) is 5.32 Å². The Labute approximate surface area is 168 Å². The van der Waals surface area contributed by atoms with Crippen LogP contribution in [0.1, 0.15) is 49.5 Å². The number of piperidine rings is 1. The van der Waals surface area contributed by atoms with Crippen LogP contribution >= 0.6 is 22.9 Å². The van der Waals surface area contributed by atoms with Gasteiger partial charge in [0.05, 0.1) is 15.2 Å². The number of hydrogen-bond donors (Lipinski definition) is 1. The molecule has 2 heterocycles. The highest BCUT2D eigenvalue weighted by Crippen LogP contribution is 2.34. The van der Waals surface area contributed by atoms with Gasteiger partial charge in [0, 0.05) is 42.9 Å². The van der Waals surface area contributed by atoms with E-state index in [1.165, 1.54) is 4.70 Å². The number of thiazole rings is 1. The van der Waals surface area contributed by atoms with E-state index in [0.29, 0.717) is 23.9 Å². The van der Waals surface area contributed by atoms with Crippen molar-refractivity contribution in [3.63, 3.8) is 0 Å². The third kappa shape index (κ3) is 4.61. The number of aromatic nitrogens is 1. The molecule has 27 heavy (non-hydrogen) atoms. The maximum absolute atomic E-state index is 12.4. The zero-order valence-electron chi connectivity index (χ0n) is 15.2. The molecule has 7 heteroatoms. The molecule has 2 aliphatic rings. The number of carbonyl (C=O) groups is 2. The number of fused-ring (bicyclic) bond motifs is 1. The van der Waals surface area contributed by atoms with Crippen LogP contribution in [0.15, 0.2) is 18.2 Å². The fraction of sp³-hybridized carbons (Fsp3) is 0.550. The number of hydrogen-bond acceptors (Lipinski definition) is 4. The first-order chi connectivity index (χ1) is 13.1. The van der Waals surface area contributed by atoms with E-state index >= 15 is 0 Å². The highest BCUT2D eigenvalue weighted by atomic mass is 35.5. The quantitative estimate of drug-likeness (QED) is 0.740. The fourth-order valence-corrected chi connectivity index (χ4v) is 4.85. The second kappa shape index (κ2) is 8.15. The van der Waals surface area contributed by atoms with Gasteiger partial charge in [-0.1, -0.05) is 11.6 Å². The van der Waals surface area contributed by atoms with Crippen LogP contribution in [0.4, 0.5) is 0 Å². The van der Waals surface area contributed by atoms with Gasteiger partial charge in [0.2, 0.25) is 11.8 Å². The second-order valence-electron chi connectivity index (χ2n) is 7.49. The number of carbonyl (C=O) groups excluding carboxylic acids is 2. The van der Waals surface area contributed by atoms with E-state index in [0.717, 1.165) is 55.7 Å². The van der Waals surface area contributed by atoms with Crippen molar-refractivity contribution < 1.29 is 9.59 Å². The van der Waals surface area contributed by atoms with Crippen molar-refractivity contribution in [2.45, 2.75) is 44.4 Å². The summed E-state index contributed by atoms with van der Waals surface area (Å²) in [4.78, 5) is 30.7. The van der Waals surface area contributed by atoms with E-state index in [4.69, 9.17) is 16.6 Å². The van der Waals surface area contributed by atoms with Gasteiger partial charge in [0.25, 0.3) is 0 Å². The van der Waals surface area contributed by atoms with Crippen molar-refractivity contribution in [1.29, 1.82) is 0 Å². The Kier molecular flexibility index (Phi) is 5.64. The van der Waals surface area contributed by atoms with Crippen LogP contribution < -0.4 is 5.32 Å². The summed E-state index contributed by atoms with van der Waals surface area (Å²) < 4.78 is 1.17. The summed E-state index contributed by atoms with van der Waals surface area (Å²) in [5.74, 6) is 1.01. The highest BCUT2D eigenvalue weighted by Gasteiger charge is 2.29. The Morgan fingerprint density at radius 2 is 2.00 bits per heavy atom. The van der Waals surface area contributed by atoms with Gasteiger partial charge >= 0.3 is 0 Å². The van der Waals surface area contributed by atoms with Crippen molar-refractivity contribution in [2.24, 2.45) is 5.92 Å². The molecule has 0 radical (unpaired) electrons. The first-order valence-corrected chi connectivity index (χ1v) is 10.9. The minimum Gasteiger partial charge on any atom is -0.356 e. The zero-order valence-corrected chi connectivity index (χ0v) is 16.8. The van der Waals surface area contributed by atoms with Crippen molar-refractivity contribution in [3.05, 3.63) is 28.2 Å². The molecule has 2 fully saturated rings. The Bertz CT molecular complexity index is 841. The van der Waals surface area contributed by atoms with Crippen LogP contribution in [0.25, 0.3) is 10.2 Å². The van der Waals surface area contributed by atoms with Crippen LogP contribution in [-0.2, 0) is 9.59 Å². The summed E-state index contributed by atoms with van der Waals surface area (Å²) in [7, 11) is 0. The predicted molar refractivity (Wildman–Crippen MR) is 108 cm³/mol. The lowest BCUT2D eigenvalue weighted by atomic mass is 9.97. The van der Waals surface area contributed by atoms with E-state index in [1.807, 2.05) is 23.1 Å². The topological polar surface area (TPSA) is 62.3 Å². The number of nitrogens with one attached hydrogen (secondary N) is 1. The smallest absolute Gasteiger partial charge is 0.223 e. The van der Waals surface area contributed by atoms with Crippen LogP contribution in [0.2, 0.25) is 5.02 Å². The van der Waals surface area contributed by atoms with Gasteiger partial charge in [-0.2, -0.15) is 0 Å². The first kappa shape index (κ1) is 18.7. The number of nitrogens with zero attached hydrogens (tertiary/aromatic N) is 2. The summed E-state index contributed by atoms with van der Waals surface area (Å²) in [5.41, 5.74) is 0.967. The first-order valence-electron chi connectivity index (χ1n) is 9.71. The molecule has 1 aliphatic heterocycles. The maximum atomic E-state index is 12.4. The molecule has 2 amide bonds. The molecule has 0 bridgehead atoms. The van der Waals surface area contributed by atoms with Gasteiger partial charge in [-0.25, -0.2) is 4.98 Å². The van der Waals surface area contributed by atoms with E-state index in [-0.39, 0.29) is 17.7 Å². The fourth-order valence-electron chi connectivity index (χ4n) is 3.57. The van der Waals surface area contributed by atoms with Gasteiger partial charge in [0.15, 0.2) is 0 Å². The third-order valence-electron chi connectivity index (χ3n) is 5.38. The van der Waals surface area contributed by atoms with Crippen LogP contribution in [0.3, 0.4) is 0 Å². The molecule has 144 valence electrons. The molecule has 1 aromatic heterocycles. The monoisotopic (exact) mass is 405 g/mol. The van der Waals surface area contributed by atoms with Gasteiger partial charge in [0.1, 0.15) is 0 Å². The molecule has 1 N–H and O–H groups in total. The molecule has 1 aliphatic carbocycles. The van der Waals surface area contributed by atoms with Crippen molar-refractivity contribution >= 4 is 45.0 Å². The zero-order chi connectivity index (χ0) is 18.8. The molecule has 0 unspecified atom stereocenters. The highest BCUT2D eigenvalue weighted by molar-refractivity contribution is 7.18. The van der Waals surface area contributed by atoms with Gasteiger partial charge in [-0.3, -0.25) is 9.59 Å². The minimum absolute atomic E-state index is 0.153. The summed E-state index contributed by atoms with van der Waals surface area (Å²) in [5, 5.41) is 4.79. The minimum atomic E-state index is 0.153. The lowest BCUT2D eigenvalue weighted by Gasteiger charge is -2.31. The molecule has 1 saturated carbocycles. The molecular weight excluding hydrogens is 382 g/mol. The number of likely N-dealkylation sites (tertiary alicyclic amines) is 1. The number of rotatable bonds is 6. The van der Waals surface area contributed by atoms with Gasteiger partial charge < -0.3 is 10.2 Å². The van der Waals surface area contributed by atoms with Crippen LogP contribution in [-0.4, -0.2) is 41.3 Å². The standard InChI is InChI=1S/C20H24ClN3O2S/c21-15-5-6-17-16(12-15)23-20(27-17)14-7-10-24(11-8-14)18(25)2-1-9-22-19(26)13-3-4-13/h5-6,12-14H,1-4,7-11H2,(H,22,26). The second-order valence-corrected chi connectivity index (χ2v) is 8.99. The summed E-state index contributed by atoms with van der Waals surface area (Å²) in [6.45, 7) is 2.18. The Balaban J connectivity index is 1.22. The summed E-state index contributed by atoms with van der Waals surface area (Å²) in [6, 6.07) is 5.84. The molecule has 1 saturated heterocycles. The lowest BCUT2D eigenvalue weighted by Crippen LogP contribution is -2.38. The molecule has 5 nitrogen and oxygen atoms in total. The number of halogens is 1. The van der Waals surface area contributed by atoms with Crippen molar-refractivity contribution in [3.8, 4) is 0 Å². The summed E-state index contributed by atoms with van der Waals surface area (Å²) in [6.07, 6.45) is 5.17. The number of benzene rings is 1. The normalized spacial score (nSPS) is 18.0. The third-order valence-corrected chi connectivity index (χ3v) is 6.81. The molecular formula is C20H24ClN3O2S. The van der Waals surface area contributed by atoms with Crippen LogP contribution in [0.5, 0.6) is 0 Å². The van der Waals surface area contributed by atoms with E-state index < -0.39 is 0 Å². The molecule has 2 aromatic rings. The Morgan fingerprint density at radius 1 is 1.22 bits per heavy atom. The molecule has 0 atom stereocenters. The van der Waals surface area contributed by atoms with E-state index in [9.17, 15) is 9.59 Å². The Hall–Kier alpha value is -1.66. The van der Waals surface area contributed by atoms with Gasteiger partial charge in [-0.15, -0.1) is 11.3 Å². The van der Waals surface area contributed by atoms with E-state index in [1.54, 1.807) is 11.3 Å². The molecule has 0 spiro atoms. The molecule has 4 rings (SSSR count). The SMILES string of the molecule is O=C(NCCCC(=O)N1CCC(c2nc3cc(Cl)ccc3s2)CC1)C1CC1. The van der Waals surface area contributed by atoms with Crippen LogP contribution in [0, 0.1) is 5.92 Å². The van der Waals surface area contributed by atoms with Crippen molar-refractivity contribution in [2.75, 3.05) is 19.6 Å². The molecule has 1 aromatic carbocycles. The predicted octanol–water partition coefficient (Wildman–Crippen LogP) is 3.96. The number of amides is 2. The lowest BCUT2D eigenvalue weighted by molar-refractivity contribution is -0.132. The van der Waals surface area contributed by atoms with Crippen molar-refractivity contribution in [1.82, 2.24) is 15.2 Å². The Morgan fingerprint density at radius 3 is 2.74 bits per heavy atom. The average Bonchev–Trinajstić information content (AvgIpc) is 3.44. The summed E-state index contributed by atoms with van der Waals surface area (Å²) >= 11 is 7.79.